The Morgan fingerprint density at radius 1 is 1.29 bits per heavy atom. The Morgan fingerprint density at radius 2 is 1.94 bits per heavy atom. The molecule has 0 amide bonds. The summed E-state index contributed by atoms with van der Waals surface area (Å²) in [5.41, 5.74) is 0. The summed E-state index contributed by atoms with van der Waals surface area (Å²) in [5.74, 6) is -0.449. The van der Waals surface area contributed by atoms with Crippen LogP contribution in [0, 0.1) is 0 Å². The fraction of sp³-hybridized carbons (Fsp3) is 0.800. The van der Waals surface area contributed by atoms with E-state index in [2.05, 4.69) is 0 Å². The van der Waals surface area contributed by atoms with Crippen LogP contribution >= 0.6 is 0 Å². The molecule has 0 aromatic carbocycles. The summed E-state index contributed by atoms with van der Waals surface area (Å²) < 4.78 is 22.4. The van der Waals surface area contributed by atoms with E-state index >= 15 is 0 Å². The van der Waals surface area contributed by atoms with Crippen molar-refractivity contribution in [1.82, 2.24) is 0 Å². The third kappa shape index (κ3) is 3.70. The maximum atomic E-state index is 12.4. The lowest BCUT2D eigenvalue weighted by Crippen LogP contribution is -2.59. The van der Waals surface area contributed by atoms with Gasteiger partial charge in [-0.1, -0.05) is 0 Å². The number of hydrogen-bond donors (Lipinski definition) is 4. The van der Waals surface area contributed by atoms with Crippen molar-refractivity contribution in [3.63, 3.8) is 0 Å². The van der Waals surface area contributed by atoms with E-state index in [1.54, 1.807) is 0 Å². The van der Waals surface area contributed by atoms with Gasteiger partial charge in [0.2, 0.25) is 0 Å². The highest BCUT2D eigenvalue weighted by atomic mass is 19.1. The summed E-state index contributed by atoms with van der Waals surface area (Å²) >= 11 is 0. The van der Waals surface area contributed by atoms with E-state index in [0.29, 0.717) is 0 Å². The molecular weight excluding hydrogens is 235 g/mol. The minimum atomic E-state index is -1.48. The van der Waals surface area contributed by atoms with Gasteiger partial charge in [0.15, 0.2) is 6.29 Å². The zero-order valence-electron chi connectivity index (χ0n) is 9.36. The Balaban J connectivity index is 2.56. The van der Waals surface area contributed by atoms with Crippen LogP contribution in [-0.2, 0) is 9.47 Å². The molecule has 1 aliphatic rings. The molecule has 0 spiro atoms. The Kier molecular flexibility index (Phi) is 5.44. The third-order valence-electron chi connectivity index (χ3n) is 2.47. The van der Waals surface area contributed by atoms with Crippen molar-refractivity contribution in [2.75, 3.05) is 13.2 Å². The molecule has 100 valence electrons. The van der Waals surface area contributed by atoms with Crippen LogP contribution in [0.2, 0.25) is 0 Å². The van der Waals surface area contributed by atoms with Crippen molar-refractivity contribution in [3.05, 3.63) is 11.9 Å². The van der Waals surface area contributed by atoms with Gasteiger partial charge in [0, 0.05) is 0 Å². The van der Waals surface area contributed by atoms with E-state index in [1.165, 1.54) is 6.92 Å². The Labute approximate surface area is 97.9 Å². The van der Waals surface area contributed by atoms with E-state index in [9.17, 15) is 19.7 Å². The predicted molar refractivity (Wildman–Crippen MR) is 54.6 cm³/mol. The maximum absolute atomic E-state index is 12.4. The quantitative estimate of drug-likeness (QED) is 0.495. The summed E-state index contributed by atoms with van der Waals surface area (Å²) in [6.45, 7) is 0.560. The van der Waals surface area contributed by atoms with E-state index in [0.717, 1.165) is 6.08 Å². The Morgan fingerprint density at radius 3 is 2.47 bits per heavy atom. The molecule has 0 aliphatic carbocycles. The summed E-state index contributed by atoms with van der Waals surface area (Å²) in [6.07, 6.45) is -5.48. The van der Waals surface area contributed by atoms with Crippen LogP contribution in [0.4, 0.5) is 4.39 Å². The second-order valence-electron chi connectivity index (χ2n) is 3.82. The van der Waals surface area contributed by atoms with Gasteiger partial charge < -0.3 is 29.9 Å². The molecule has 7 heteroatoms. The molecule has 5 atom stereocenters. The topological polar surface area (TPSA) is 99.4 Å². The minimum absolute atomic E-state index is 0.148. The van der Waals surface area contributed by atoms with Crippen molar-refractivity contribution >= 4 is 0 Å². The van der Waals surface area contributed by atoms with Gasteiger partial charge in [0.1, 0.15) is 24.4 Å². The molecule has 0 saturated carbocycles. The van der Waals surface area contributed by atoms with Crippen LogP contribution in [0.5, 0.6) is 0 Å². The molecule has 6 nitrogen and oxygen atoms in total. The molecule has 2 unspecified atom stereocenters. The van der Waals surface area contributed by atoms with E-state index in [-0.39, 0.29) is 6.61 Å². The summed E-state index contributed by atoms with van der Waals surface area (Å²) in [7, 11) is 0. The average Bonchev–Trinajstić information content (AvgIpc) is 2.29. The predicted octanol–water partition coefficient (Wildman–Crippen LogP) is -1.32. The first-order valence-corrected chi connectivity index (χ1v) is 5.21. The zero-order valence-corrected chi connectivity index (χ0v) is 9.36. The highest BCUT2D eigenvalue weighted by molar-refractivity contribution is 4.90. The van der Waals surface area contributed by atoms with Crippen LogP contribution in [0.1, 0.15) is 6.92 Å². The van der Waals surface area contributed by atoms with Gasteiger partial charge in [-0.25, -0.2) is 4.39 Å². The summed E-state index contributed by atoms with van der Waals surface area (Å²) in [6, 6.07) is 0. The minimum Gasteiger partial charge on any atom is -0.394 e. The van der Waals surface area contributed by atoms with Crippen molar-refractivity contribution < 1.29 is 34.3 Å². The van der Waals surface area contributed by atoms with Gasteiger partial charge in [-0.15, -0.1) is 0 Å². The molecule has 1 heterocycles. The molecule has 1 rings (SSSR count). The van der Waals surface area contributed by atoms with Gasteiger partial charge in [-0.2, -0.15) is 0 Å². The van der Waals surface area contributed by atoms with Crippen LogP contribution in [0.3, 0.4) is 0 Å². The number of ether oxygens (including phenoxy) is 2. The molecule has 0 bridgehead atoms. The number of rotatable bonds is 4. The molecule has 1 saturated heterocycles. The van der Waals surface area contributed by atoms with Gasteiger partial charge in [0.05, 0.1) is 19.0 Å². The highest BCUT2D eigenvalue weighted by Gasteiger charge is 2.43. The van der Waals surface area contributed by atoms with Crippen LogP contribution in [-0.4, -0.2) is 64.3 Å². The van der Waals surface area contributed by atoms with E-state index in [1.807, 2.05) is 0 Å². The maximum Gasteiger partial charge on any atom is 0.187 e. The van der Waals surface area contributed by atoms with Gasteiger partial charge in [-0.05, 0) is 13.0 Å². The first kappa shape index (κ1) is 14.5. The SMILES string of the molecule is C/C(F)=C/CO[C@@H]1OC(CO)[C@@H](O)[C@H](O)C1O. The van der Waals surface area contributed by atoms with Crippen molar-refractivity contribution in [2.45, 2.75) is 37.6 Å². The molecule has 17 heavy (non-hydrogen) atoms. The normalized spacial score (nSPS) is 39.4. The number of hydrogen-bond acceptors (Lipinski definition) is 6. The number of allylic oxidation sites excluding steroid dienone is 1. The molecule has 4 N–H and O–H groups in total. The van der Waals surface area contributed by atoms with Crippen LogP contribution in [0.25, 0.3) is 0 Å². The number of halogens is 1. The average molecular weight is 252 g/mol. The molecule has 0 aromatic rings. The van der Waals surface area contributed by atoms with Crippen LogP contribution in [0.15, 0.2) is 11.9 Å². The Hall–Kier alpha value is -0.570. The lowest BCUT2D eigenvalue weighted by molar-refractivity contribution is -0.298. The summed E-state index contributed by atoms with van der Waals surface area (Å²) in [4.78, 5) is 0. The van der Waals surface area contributed by atoms with Gasteiger partial charge in [-0.3, -0.25) is 0 Å². The lowest BCUT2D eigenvalue weighted by Gasteiger charge is -2.39. The van der Waals surface area contributed by atoms with E-state index in [4.69, 9.17) is 14.6 Å². The molecule has 1 aliphatic heterocycles. The largest absolute Gasteiger partial charge is 0.394 e. The number of aliphatic hydroxyl groups excluding tert-OH is 4. The number of aliphatic hydroxyl groups is 4. The molecule has 1 fully saturated rings. The zero-order chi connectivity index (χ0) is 13.0. The fourth-order valence-corrected chi connectivity index (χ4v) is 1.46. The fourth-order valence-electron chi connectivity index (χ4n) is 1.46. The lowest BCUT2D eigenvalue weighted by atomic mass is 9.99. The Bertz CT molecular complexity index is 266. The van der Waals surface area contributed by atoms with Crippen molar-refractivity contribution in [1.29, 1.82) is 0 Å². The first-order chi connectivity index (χ1) is 7.97. The third-order valence-corrected chi connectivity index (χ3v) is 2.47. The molecule has 0 radical (unpaired) electrons. The standard InChI is InChI=1S/C10H17FO6/c1-5(11)2-3-16-10-9(15)8(14)7(13)6(4-12)17-10/h2,6-10,12-15H,3-4H2,1H3/b5-2-/t6?,7-,8+,9?,10-/m1/s1. The van der Waals surface area contributed by atoms with E-state index < -0.39 is 43.1 Å². The monoisotopic (exact) mass is 252 g/mol. The highest BCUT2D eigenvalue weighted by Crippen LogP contribution is 2.21. The first-order valence-electron chi connectivity index (χ1n) is 5.21. The van der Waals surface area contributed by atoms with Crippen molar-refractivity contribution in [2.24, 2.45) is 0 Å². The smallest absolute Gasteiger partial charge is 0.187 e. The molecule has 0 aromatic heterocycles. The van der Waals surface area contributed by atoms with Gasteiger partial charge >= 0.3 is 0 Å². The molecular formula is C10H17FO6. The summed E-state index contributed by atoms with van der Waals surface area (Å²) in [5, 5.41) is 37.3. The van der Waals surface area contributed by atoms with Crippen LogP contribution < -0.4 is 0 Å². The second kappa shape index (κ2) is 6.39. The van der Waals surface area contributed by atoms with Crippen molar-refractivity contribution in [3.8, 4) is 0 Å². The second-order valence-corrected chi connectivity index (χ2v) is 3.82. The van der Waals surface area contributed by atoms with Gasteiger partial charge in [0.25, 0.3) is 0 Å².